The minimum Gasteiger partial charge on any atom is -0.481 e. The van der Waals surface area contributed by atoms with Crippen molar-refractivity contribution in [1.29, 1.82) is 0 Å². The van der Waals surface area contributed by atoms with Crippen molar-refractivity contribution in [3.8, 4) is 5.75 Å². The molecule has 3 N–H and O–H groups in total. The molecule has 0 radical (unpaired) electrons. The second-order valence-corrected chi connectivity index (χ2v) is 7.06. The number of carbonyl (C=O) groups is 1. The van der Waals surface area contributed by atoms with Gasteiger partial charge in [-0.05, 0) is 30.5 Å². The average Bonchev–Trinajstić information content (AvgIpc) is 2.41. The fourth-order valence-electron chi connectivity index (χ4n) is 1.94. The molecule has 0 aliphatic heterocycles. The molecule has 0 amide bonds. The number of aliphatic carboxylic acids is 1. The van der Waals surface area contributed by atoms with Crippen LogP contribution in [0.15, 0.2) is 24.3 Å². The van der Waals surface area contributed by atoms with Gasteiger partial charge in [0.15, 0.2) is 0 Å². The summed E-state index contributed by atoms with van der Waals surface area (Å²) in [6.45, 7) is -0.0826. The van der Waals surface area contributed by atoms with E-state index < -0.39 is 32.7 Å². The highest BCUT2D eigenvalue weighted by molar-refractivity contribution is 7.81. The topological polar surface area (TPSA) is 168 Å². The Morgan fingerprint density at radius 2 is 1.68 bits per heavy atom. The predicted molar refractivity (Wildman–Crippen MR) is 83.3 cm³/mol. The second kappa shape index (κ2) is 8.55. The first-order valence-electron chi connectivity index (χ1n) is 6.72. The van der Waals surface area contributed by atoms with Crippen LogP contribution in [0.3, 0.4) is 0 Å². The SMILES string of the molecule is CN(CCC(Cc1ccc(OS(=O)(=O)O)cc1)C(=O)O)OS(=O)(=O)O. The van der Waals surface area contributed by atoms with Gasteiger partial charge in [0.1, 0.15) is 5.75 Å². The van der Waals surface area contributed by atoms with Crippen LogP contribution >= 0.6 is 0 Å². The van der Waals surface area contributed by atoms with Gasteiger partial charge in [-0.3, -0.25) is 13.9 Å². The van der Waals surface area contributed by atoms with Crippen LogP contribution in [-0.2, 0) is 36.3 Å². The summed E-state index contributed by atoms with van der Waals surface area (Å²) in [6.07, 6.45) is 0.0891. The normalized spacial score (nSPS) is 13.6. The lowest BCUT2D eigenvalue weighted by Crippen LogP contribution is -2.28. The summed E-state index contributed by atoms with van der Waals surface area (Å²) in [5.41, 5.74) is 0.549. The third-order valence-corrected chi connectivity index (χ3v) is 3.82. The molecule has 0 bridgehead atoms. The van der Waals surface area contributed by atoms with Crippen molar-refractivity contribution in [3.63, 3.8) is 0 Å². The number of nitrogens with zero attached hydrogens (tertiary/aromatic N) is 1. The molecular weight excluding hydrogens is 382 g/mol. The van der Waals surface area contributed by atoms with Gasteiger partial charge in [0.05, 0.1) is 5.92 Å². The van der Waals surface area contributed by atoms with Gasteiger partial charge in [-0.15, -0.1) is 0 Å². The van der Waals surface area contributed by atoms with Crippen molar-refractivity contribution >= 4 is 26.8 Å². The molecule has 25 heavy (non-hydrogen) atoms. The maximum absolute atomic E-state index is 11.3. The minimum absolute atomic E-state index is 0.0185. The molecule has 0 heterocycles. The van der Waals surface area contributed by atoms with E-state index in [1.54, 1.807) is 0 Å². The molecule has 1 rings (SSSR count). The van der Waals surface area contributed by atoms with E-state index in [-0.39, 0.29) is 25.1 Å². The van der Waals surface area contributed by atoms with E-state index in [1.807, 2.05) is 0 Å². The number of hydrogen-bond donors (Lipinski definition) is 3. The largest absolute Gasteiger partial charge is 0.481 e. The Hall–Kier alpha value is -1.77. The number of rotatable bonds is 10. The van der Waals surface area contributed by atoms with Crippen molar-refractivity contribution < 1.29 is 44.3 Å². The standard InChI is InChI=1S/C12H17NO10S2/c1-13(23-25(19,20)21)7-6-10(12(14)15)8-9-2-4-11(5-3-9)22-24(16,17)18/h2-5,10H,6-8H2,1H3,(H,14,15)(H,16,17,18)(H,19,20,21). The first-order chi connectivity index (χ1) is 11.4. The summed E-state index contributed by atoms with van der Waals surface area (Å²) < 4.78 is 67.7. The van der Waals surface area contributed by atoms with Crippen LogP contribution in [0.2, 0.25) is 0 Å². The molecule has 0 fully saturated rings. The van der Waals surface area contributed by atoms with Crippen LogP contribution < -0.4 is 4.18 Å². The summed E-state index contributed by atoms with van der Waals surface area (Å²) >= 11 is 0. The summed E-state index contributed by atoms with van der Waals surface area (Å²) in [4.78, 5) is 11.3. The van der Waals surface area contributed by atoms with Crippen LogP contribution in [0.5, 0.6) is 5.75 Å². The van der Waals surface area contributed by atoms with Gasteiger partial charge < -0.3 is 9.29 Å². The highest BCUT2D eigenvalue weighted by Crippen LogP contribution is 2.18. The van der Waals surface area contributed by atoms with E-state index in [9.17, 15) is 26.7 Å². The fourth-order valence-corrected chi connectivity index (χ4v) is 2.69. The highest BCUT2D eigenvalue weighted by Gasteiger charge is 2.20. The van der Waals surface area contributed by atoms with Crippen molar-refractivity contribution in [2.75, 3.05) is 13.6 Å². The van der Waals surface area contributed by atoms with Gasteiger partial charge in [-0.1, -0.05) is 12.1 Å². The van der Waals surface area contributed by atoms with E-state index in [2.05, 4.69) is 8.47 Å². The Morgan fingerprint density at radius 3 is 2.12 bits per heavy atom. The van der Waals surface area contributed by atoms with Gasteiger partial charge in [0, 0.05) is 13.6 Å². The van der Waals surface area contributed by atoms with E-state index in [0.717, 1.165) is 5.06 Å². The quantitative estimate of drug-likeness (QED) is 0.362. The van der Waals surface area contributed by atoms with Gasteiger partial charge in [0.25, 0.3) is 0 Å². The second-order valence-electron chi connectivity index (χ2n) is 5.04. The van der Waals surface area contributed by atoms with E-state index in [0.29, 0.717) is 5.56 Å². The van der Waals surface area contributed by atoms with Crippen molar-refractivity contribution in [1.82, 2.24) is 5.06 Å². The molecular formula is C12H17NO10S2. The Morgan fingerprint density at radius 1 is 1.12 bits per heavy atom. The molecule has 1 aromatic rings. The molecule has 0 saturated carbocycles. The molecule has 1 aromatic carbocycles. The van der Waals surface area contributed by atoms with Gasteiger partial charge in [-0.25, -0.2) is 0 Å². The molecule has 13 heteroatoms. The zero-order chi connectivity index (χ0) is 19.3. The highest BCUT2D eigenvalue weighted by atomic mass is 32.3. The molecule has 0 aliphatic rings. The molecule has 0 saturated heterocycles. The van der Waals surface area contributed by atoms with Crippen molar-refractivity contribution in [2.45, 2.75) is 12.8 Å². The molecule has 0 aliphatic carbocycles. The Labute approximate surface area is 144 Å². The lowest BCUT2D eigenvalue weighted by atomic mass is 9.96. The van der Waals surface area contributed by atoms with E-state index in [4.69, 9.17) is 9.11 Å². The number of hydrogen-bond acceptors (Lipinski definition) is 8. The van der Waals surface area contributed by atoms with Crippen LogP contribution in [0.25, 0.3) is 0 Å². The third-order valence-electron chi connectivity index (χ3n) is 2.97. The molecule has 1 unspecified atom stereocenters. The molecule has 0 spiro atoms. The lowest BCUT2D eigenvalue weighted by molar-refractivity contribution is -0.142. The summed E-state index contributed by atoms with van der Waals surface area (Å²) in [5, 5.41) is 10.0. The van der Waals surface area contributed by atoms with Crippen LogP contribution in [0.1, 0.15) is 12.0 Å². The van der Waals surface area contributed by atoms with Gasteiger partial charge >= 0.3 is 26.8 Å². The average molecular weight is 399 g/mol. The number of hydroxylamine groups is 2. The summed E-state index contributed by atoms with van der Waals surface area (Å²) in [7, 11) is -8.10. The van der Waals surface area contributed by atoms with E-state index >= 15 is 0 Å². The number of carboxylic acid groups (broad SMARTS) is 1. The fraction of sp³-hybridized carbons (Fsp3) is 0.417. The first-order valence-corrected chi connectivity index (χ1v) is 9.45. The number of benzene rings is 1. The Kier molecular flexibility index (Phi) is 7.28. The smallest absolute Gasteiger partial charge is 0.446 e. The Bertz CT molecular complexity index is 788. The minimum atomic E-state index is -4.68. The van der Waals surface area contributed by atoms with Gasteiger partial charge in [0.2, 0.25) is 0 Å². The maximum atomic E-state index is 11.3. The van der Waals surface area contributed by atoms with Gasteiger partial charge in [-0.2, -0.15) is 26.2 Å². The number of carboxylic acids is 1. The zero-order valence-electron chi connectivity index (χ0n) is 13.0. The molecule has 11 nitrogen and oxygen atoms in total. The monoisotopic (exact) mass is 399 g/mol. The summed E-state index contributed by atoms with van der Waals surface area (Å²) in [5.74, 6) is -2.15. The zero-order valence-corrected chi connectivity index (χ0v) is 14.6. The van der Waals surface area contributed by atoms with E-state index in [1.165, 1.54) is 31.3 Å². The first kappa shape index (κ1) is 21.3. The molecule has 142 valence electrons. The van der Waals surface area contributed by atoms with Crippen molar-refractivity contribution in [2.24, 2.45) is 5.92 Å². The molecule has 0 aromatic heterocycles. The molecule has 1 atom stereocenters. The maximum Gasteiger partial charge on any atom is 0.446 e. The Balaban J connectivity index is 2.67. The third kappa shape index (κ3) is 9.33. The lowest BCUT2D eigenvalue weighted by Gasteiger charge is -2.17. The van der Waals surface area contributed by atoms with Crippen LogP contribution in [0, 0.1) is 5.92 Å². The van der Waals surface area contributed by atoms with Crippen molar-refractivity contribution in [3.05, 3.63) is 29.8 Å². The van der Waals surface area contributed by atoms with Crippen LogP contribution in [0.4, 0.5) is 0 Å². The van der Waals surface area contributed by atoms with Crippen LogP contribution in [-0.4, -0.2) is 55.7 Å². The predicted octanol–water partition coefficient (Wildman–Crippen LogP) is 0.168. The summed E-state index contributed by atoms with van der Waals surface area (Å²) in [6, 6.07) is 5.34.